The number of morpholine rings is 1. The van der Waals surface area contributed by atoms with Crippen molar-refractivity contribution in [1.82, 2.24) is 4.90 Å². The fourth-order valence-corrected chi connectivity index (χ4v) is 2.71. The van der Waals surface area contributed by atoms with Gasteiger partial charge in [0.15, 0.2) is 0 Å². The first kappa shape index (κ1) is 14.9. The summed E-state index contributed by atoms with van der Waals surface area (Å²) in [7, 11) is 0. The normalized spacial score (nSPS) is 22.7. The Hall–Kier alpha value is -1.55. The summed E-state index contributed by atoms with van der Waals surface area (Å²) in [5.41, 5.74) is 2.95. The maximum atomic E-state index is 12.6. The number of amides is 1. The number of carbonyl (C=O) groups is 1. The molecule has 0 bridgehead atoms. The monoisotopic (exact) mass is 276 g/mol. The minimum atomic E-state index is 0.0955. The first-order valence-electron chi connectivity index (χ1n) is 7.30. The Morgan fingerprint density at radius 2 is 2.00 bits per heavy atom. The van der Waals surface area contributed by atoms with E-state index in [4.69, 9.17) is 4.74 Å². The van der Waals surface area contributed by atoms with E-state index in [1.54, 1.807) is 0 Å². The molecule has 1 fully saturated rings. The van der Waals surface area contributed by atoms with Crippen molar-refractivity contribution in [2.75, 3.05) is 25.0 Å². The fourth-order valence-electron chi connectivity index (χ4n) is 2.71. The highest BCUT2D eigenvalue weighted by Crippen LogP contribution is 2.19. The smallest absolute Gasteiger partial charge is 0.254 e. The molecule has 2 rings (SSSR count). The van der Waals surface area contributed by atoms with Crippen molar-refractivity contribution < 1.29 is 9.53 Å². The predicted molar refractivity (Wildman–Crippen MR) is 81.3 cm³/mol. The third-order valence-electron chi connectivity index (χ3n) is 3.55. The second-order valence-corrected chi connectivity index (χ2v) is 5.53. The number of nitrogens with zero attached hydrogens (tertiary/aromatic N) is 1. The molecule has 4 nitrogen and oxygen atoms in total. The minimum absolute atomic E-state index is 0.0955. The Labute approximate surface area is 121 Å². The standard InChI is InChI=1S/C16H24N2O2/c1-5-17-15-7-6-14(8-11(15)2)16(19)18-9-12(3)20-13(4)10-18/h6-8,12-13,17H,5,9-10H2,1-4H3/t12-,13+. The van der Waals surface area contributed by atoms with Crippen LogP contribution in [0.15, 0.2) is 18.2 Å². The third-order valence-corrected chi connectivity index (χ3v) is 3.55. The molecule has 1 aromatic rings. The molecule has 1 aromatic carbocycles. The van der Waals surface area contributed by atoms with Gasteiger partial charge in [-0.15, -0.1) is 0 Å². The average molecular weight is 276 g/mol. The van der Waals surface area contributed by atoms with Gasteiger partial charge in [0.2, 0.25) is 0 Å². The summed E-state index contributed by atoms with van der Waals surface area (Å²) < 4.78 is 5.67. The molecule has 1 aliphatic heterocycles. The van der Waals surface area contributed by atoms with Crippen LogP contribution in [0.2, 0.25) is 0 Å². The van der Waals surface area contributed by atoms with Gasteiger partial charge in [-0.2, -0.15) is 0 Å². The maximum absolute atomic E-state index is 12.6. The molecule has 0 spiro atoms. The van der Waals surface area contributed by atoms with Crippen LogP contribution >= 0.6 is 0 Å². The Morgan fingerprint density at radius 1 is 1.35 bits per heavy atom. The lowest BCUT2D eigenvalue weighted by Crippen LogP contribution is -2.48. The molecule has 0 unspecified atom stereocenters. The maximum Gasteiger partial charge on any atom is 0.254 e. The molecular formula is C16H24N2O2. The number of nitrogens with one attached hydrogen (secondary N) is 1. The Kier molecular flexibility index (Phi) is 4.65. The number of anilines is 1. The van der Waals surface area contributed by atoms with Crippen LogP contribution in [0.1, 0.15) is 36.7 Å². The Morgan fingerprint density at radius 3 is 2.55 bits per heavy atom. The van der Waals surface area contributed by atoms with Gasteiger partial charge in [-0.25, -0.2) is 0 Å². The first-order chi connectivity index (χ1) is 9.51. The molecule has 1 amide bonds. The summed E-state index contributed by atoms with van der Waals surface area (Å²) in [6.07, 6.45) is 0.203. The van der Waals surface area contributed by atoms with Gasteiger partial charge in [0, 0.05) is 30.9 Å². The van der Waals surface area contributed by atoms with E-state index in [9.17, 15) is 4.79 Å². The van der Waals surface area contributed by atoms with Crippen molar-refractivity contribution in [1.29, 1.82) is 0 Å². The summed E-state index contributed by atoms with van der Waals surface area (Å²) in [6, 6.07) is 5.85. The summed E-state index contributed by atoms with van der Waals surface area (Å²) >= 11 is 0. The van der Waals surface area contributed by atoms with Crippen molar-refractivity contribution in [3.63, 3.8) is 0 Å². The number of aryl methyl sites for hydroxylation is 1. The number of ether oxygens (including phenoxy) is 1. The van der Waals surface area contributed by atoms with Crippen LogP contribution in [-0.2, 0) is 4.74 Å². The van der Waals surface area contributed by atoms with Crippen LogP contribution in [0.3, 0.4) is 0 Å². The molecule has 1 N–H and O–H groups in total. The van der Waals surface area contributed by atoms with E-state index in [1.807, 2.05) is 43.9 Å². The summed E-state index contributed by atoms with van der Waals surface area (Å²) in [5, 5.41) is 3.29. The van der Waals surface area contributed by atoms with Crippen LogP contribution in [0, 0.1) is 6.92 Å². The lowest BCUT2D eigenvalue weighted by atomic mass is 10.1. The van der Waals surface area contributed by atoms with Gasteiger partial charge in [0.1, 0.15) is 0 Å². The lowest BCUT2D eigenvalue weighted by molar-refractivity contribution is -0.0586. The Bertz CT molecular complexity index is 477. The molecule has 0 radical (unpaired) electrons. The van der Waals surface area contributed by atoms with Crippen molar-refractivity contribution in [2.24, 2.45) is 0 Å². The Balaban J connectivity index is 2.14. The molecule has 4 heteroatoms. The second kappa shape index (κ2) is 6.27. The summed E-state index contributed by atoms with van der Waals surface area (Å²) in [6.45, 7) is 10.3. The van der Waals surface area contributed by atoms with Gasteiger partial charge in [0.25, 0.3) is 5.91 Å². The van der Waals surface area contributed by atoms with Crippen LogP contribution in [0.4, 0.5) is 5.69 Å². The zero-order valence-corrected chi connectivity index (χ0v) is 12.8. The van der Waals surface area contributed by atoms with Gasteiger partial charge in [-0.1, -0.05) is 0 Å². The molecule has 0 aliphatic carbocycles. The highest BCUT2D eigenvalue weighted by Gasteiger charge is 2.26. The van der Waals surface area contributed by atoms with Gasteiger partial charge < -0.3 is 15.0 Å². The van der Waals surface area contributed by atoms with Gasteiger partial charge in [0.05, 0.1) is 12.2 Å². The predicted octanol–water partition coefficient (Wildman–Crippen LogP) is 2.68. The number of rotatable bonds is 3. The molecular weight excluding hydrogens is 252 g/mol. The number of hydrogen-bond donors (Lipinski definition) is 1. The van der Waals surface area contributed by atoms with Crippen LogP contribution < -0.4 is 5.32 Å². The van der Waals surface area contributed by atoms with Crippen molar-refractivity contribution >= 4 is 11.6 Å². The zero-order valence-electron chi connectivity index (χ0n) is 12.8. The molecule has 0 saturated carbocycles. The van der Waals surface area contributed by atoms with Crippen molar-refractivity contribution in [3.8, 4) is 0 Å². The summed E-state index contributed by atoms with van der Waals surface area (Å²) in [4.78, 5) is 14.5. The highest BCUT2D eigenvalue weighted by molar-refractivity contribution is 5.95. The number of benzene rings is 1. The van der Waals surface area contributed by atoms with Crippen LogP contribution in [-0.4, -0.2) is 42.6 Å². The van der Waals surface area contributed by atoms with Gasteiger partial charge >= 0.3 is 0 Å². The second-order valence-electron chi connectivity index (χ2n) is 5.53. The van der Waals surface area contributed by atoms with Gasteiger partial charge in [-0.3, -0.25) is 4.79 Å². The molecule has 110 valence electrons. The van der Waals surface area contributed by atoms with E-state index in [-0.39, 0.29) is 18.1 Å². The lowest BCUT2D eigenvalue weighted by Gasteiger charge is -2.35. The summed E-state index contributed by atoms with van der Waals surface area (Å²) in [5.74, 6) is 0.0955. The molecule has 0 aromatic heterocycles. The van der Waals surface area contributed by atoms with E-state index in [0.29, 0.717) is 13.1 Å². The van der Waals surface area contributed by atoms with Gasteiger partial charge in [-0.05, 0) is 51.5 Å². The van der Waals surface area contributed by atoms with Crippen molar-refractivity contribution in [2.45, 2.75) is 39.9 Å². The molecule has 20 heavy (non-hydrogen) atoms. The topological polar surface area (TPSA) is 41.6 Å². The SMILES string of the molecule is CCNc1ccc(C(=O)N2C[C@@H](C)O[C@@H](C)C2)cc1C. The average Bonchev–Trinajstić information content (AvgIpc) is 2.39. The van der Waals surface area contributed by atoms with E-state index < -0.39 is 0 Å². The van der Waals surface area contributed by atoms with Crippen LogP contribution in [0.25, 0.3) is 0 Å². The van der Waals surface area contributed by atoms with E-state index in [0.717, 1.165) is 23.4 Å². The molecule has 2 atom stereocenters. The zero-order chi connectivity index (χ0) is 14.7. The van der Waals surface area contributed by atoms with Crippen molar-refractivity contribution in [3.05, 3.63) is 29.3 Å². The van der Waals surface area contributed by atoms with E-state index in [1.165, 1.54) is 0 Å². The minimum Gasteiger partial charge on any atom is -0.385 e. The molecule has 1 heterocycles. The highest BCUT2D eigenvalue weighted by atomic mass is 16.5. The third kappa shape index (κ3) is 3.31. The number of carbonyl (C=O) groups excluding carboxylic acids is 1. The molecule has 1 aliphatic rings. The van der Waals surface area contributed by atoms with E-state index in [2.05, 4.69) is 12.2 Å². The largest absolute Gasteiger partial charge is 0.385 e. The van der Waals surface area contributed by atoms with E-state index >= 15 is 0 Å². The molecule has 1 saturated heterocycles. The van der Waals surface area contributed by atoms with Crippen LogP contribution in [0.5, 0.6) is 0 Å². The fraction of sp³-hybridized carbons (Fsp3) is 0.562. The number of hydrogen-bond acceptors (Lipinski definition) is 3. The first-order valence-corrected chi connectivity index (χ1v) is 7.30. The quantitative estimate of drug-likeness (QED) is 0.923.